The summed E-state index contributed by atoms with van der Waals surface area (Å²) in [6, 6.07) is 4.45. The van der Waals surface area contributed by atoms with E-state index in [9.17, 15) is 15.2 Å². The van der Waals surface area contributed by atoms with Crippen LogP contribution in [0.4, 0.5) is 5.69 Å². The molecule has 0 aliphatic heterocycles. The van der Waals surface area contributed by atoms with Crippen LogP contribution in [-0.2, 0) is 0 Å². The molecule has 0 bridgehead atoms. The highest BCUT2D eigenvalue weighted by atomic mass is 16.6. The third kappa shape index (κ3) is 3.14. The first-order chi connectivity index (χ1) is 9.11. The number of hydrogen-bond donors (Lipinski definition) is 1. The number of hydrogen-bond acceptors (Lipinski definition) is 5. The number of rotatable bonds is 4. The Morgan fingerprint density at radius 2 is 2.11 bits per heavy atom. The molecule has 104 valence electrons. The number of methoxy groups -OCH3 is 1. The van der Waals surface area contributed by atoms with Gasteiger partial charge in [-0.05, 0) is 31.4 Å². The predicted octanol–water partition coefficient (Wildman–Crippen LogP) is 2.29. The molecule has 0 spiro atoms. The normalized spacial score (nSPS) is 22.8. The second kappa shape index (κ2) is 5.88. The van der Waals surface area contributed by atoms with E-state index in [0.717, 1.165) is 19.3 Å². The van der Waals surface area contributed by atoms with Gasteiger partial charge >= 0.3 is 5.69 Å². The number of aliphatic hydroxyl groups is 1. The molecule has 0 heterocycles. The van der Waals surface area contributed by atoms with Gasteiger partial charge in [-0.1, -0.05) is 6.42 Å². The van der Waals surface area contributed by atoms with Crippen LogP contribution in [0.3, 0.4) is 0 Å². The molecule has 2 rings (SSSR count). The van der Waals surface area contributed by atoms with Gasteiger partial charge in [-0.25, -0.2) is 0 Å². The van der Waals surface area contributed by atoms with Crippen molar-refractivity contribution in [1.82, 2.24) is 0 Å². The maximum Gasteiger partial charge on any atom is 0.314 e. The molecule has 1 N–H and O–H groups in total. The SMILES string of the molecule is COc1ccc(OC2CCCCC2O)cc1[N+](=O)[O-]. The maximum atomic E-state index is 10.9. The van der Waals surface area contributed by atoms with Crippen LogP contribution in [-0.4, -0.2) is 29.3 Å². The number of nitrogens with zero attached hydrogens (tertiary/aromatic N) is 1. The highest BCUT2D eigenvalue weighted by molar-refractivity contribution is 5.50. The fourth-order valence-corrected chi connectivity index (χ4v) is 2.28. The van der Waals surface area contributed by atoms with Crippen LogP contribution in [0.5, 0.6) is 11.5 Å². The minimum absolute atomic E-state index is 0.134. The Morgan fingerprint density at radius 1 is 1.37 bits per heavy atom. The molecule has 0 aromatic heterocycles. The van der Waals surface area contributed by atoms with E-state index in [1.807, 2.05) is 0 Å². The molecular formula is C13H17NO5. The standard InChI is InChI=1S/C13H17NO5/c1-18-12-7-6-9(8-10(12)14(16)17)19-13-5-3-2-4-11(13)15/h6-8,11,13,15H,2-5H2,1H3. The average Bonchev–Trinajstić information content (AvgIpc) is 2.41. The van der Waals surface area contributed by atoms with Gasteiger partial charge in [-0.15, -0.1) is 0 Å². The van der Waals surface area contributed by atoms with Crippen molar-refractivity contribution in [2.75, 3.05) is 7.11 Å². The van der Waals surface area contributed by atoms with Crippen LogP contribution >= 0.6 is 0 Å². The maximum absolute atomic E-state index is 10.9. The van der Waals surface area contributed by atoms with Crippen LogP contribution in [0.15, 0.2) is 18.2 Å². The van der Waals surface area contributed by atoms with Gasteiger partial charge in [-0.2, -0.15) is 0 Å². The molecule has 1 aromatic carbocycles. The monoisotopic (exact) mass is 267 g/mol. The zero-order valence-corrected chi connectivity index (χ0v) is 10.7. The molecule has 2 unspecified atom stereocenters. The lowest BCUT2D eigenvalue weighted by Crippen LogP contribution is -2.34. The summed E-state index contributed by atoms with van der Waals surface area (Å²) in [5, 5.41) is 20.7. The zero-order valence-electron chi connectivity index (χ0n) is 10.7. The van der Waals surface area contributed by atoms with Gasteiger partial charge in [0.1, 0.15) is 11.9 Å². The van der Waals surface area contributed by atoms with Gasteiger partial charge in [0, 0.05) is 0 Å². The largest absolute Gasteiger partial charge is 0.490 e. The van der Waals surface area contributed by atoms with Gasteiger partial charge in [-0.3, -0.25) is 10.1 Å². The molecule has 0 amide bonds. The van der Waals surface area contributed by atoms with Crippen molar-refractivity contribution in [1.29, 1.82) is 0 Å². The van der Waals surface area contributed by atoms with Crippen molar-refractivity contribution in [2.45, 2.75) is 37.9 Å². The number of nitro groups is 1. The Bertz CT molecular complexity index is 462. The minimum atomic E-state index is -0.511. The van der Waals surface area contributed by atoms with Gasteiger partial charge in [0.2, 0.25) is 0 Å². The first kappa shape index (κ1) is 13.6. The van der Waals surface area contributed by atoms with E-state index in [2.05, 4.69) is 0 Å². The van der Waals surface area contributed by atoms with Crippen molar-refractivity contribution in [2.24, 2.45) is 0 Å². The van der Waals surface area contributed by atoms with Crippen molar-refractivity contribution in [3.63, 3.8) is 0 Å². The molecule has 2 atom stereocenters. The average molecular weight is 267 g/mol. The summed E-state index contributed by atoms with van der Waals surface area (Å²) >= 11 is 0. The highest BCUT2D eigenvalue weighted by Crippen LogP contribution is 2.32. The van der Waals surface area contributed by atoms with Crippen molar-refractivity contribution in [3.05, 3.63) is 28.3 Å². The Hall–Kier alpha value is -1.82. The van der Waals surface area contributed by atoms with Crippen LogP contribution in [0, 0.1) is 10.1 Å². The third-order valence-electron chi connectivity index (χ3n) is 3.30. The molecule has 1 saturated carbocycles. The second-order valence-corrected chi connectivity index (χ2v) is 4.60. The summed E-state index contributed by atoms with van der Waals surface area (Å²) in [6.45, 7) is 0. The van der Waals surface area contributed by atoms with Gasteiger partial charge in [0.25, 0.3) is 0 Å². The second-order valence-electron chi connectivity index (χ2n) is 4.60. The molecule has 1 fully saturated rings. The van der Waals surface area contributed by atoms with E-state index >= 15 is 0 Å². The fraction of sp³-hybridized carbons (Fsp3) is 0.538. The Morgan fingerprint density at radius 3 is 2.74 bits per heavy atom. The minimum Gasteiger partial charge on any atom is -0.490 e. The van der Waals surface area contributed by atoms with Crippen molar-refractivity contribution < 1.29 is 19.5 Å². The summed E-state index contributed by atoms with van der Waals surface area (Å²) in [5.74, 6) is 0.583. The topological polar surface area (TPSA) is 81.8 Å². The van der Waals surface area contributed by atoms with Crippen LogP contribution < -0.4 is 9.47 Å². The number of nitro benzene ring substituents is 1. The quantitative estimate of drug-likeness (QED) is 0.668. The number of benzene rings is 1. The molecule has 1 aromatic rings. The van der Waals surface area contributed by atoms with Crippen molar-refractivity contribution in [3.8, 4) is 11.5 Å². The van der Waals surface area contributed by atoms with E-state index in [1.54, 1.807) is 6.07 Å². The van der Waals surface area contributed by atoms with Gasteiger partial charge in [0.05, 0.1) is 24.2 Å². The summed E-state index contributed by atoms with van der Waals surface area (Å²) in [5.41, 5.74) is -0.134. The predicted molar refractivity (Wildman–Crippen MR) is 68.5 cm³/mol. The van der Waals surface area contributed by atoms with Gasteiger partial charge in [0.15, 0.2) is 5.75 Å². The lowest BCUT2D eigenvalue weighted by atomic mass is 9.95. The van der Waals surface area contributed by atoms with Gasteiger partial charge < -0.3 is 14.6 Å². The summed E-state index contributed by atoms with van der Waals surface area (Å²) in [6.07, 6.45) is 2.67. The van der Waals surface area contributed by atoms with E-state index in [-0.39, 0.29) is 17.5 Å². The Labute approximate surface area is 111 Å². The lowest BCUT2D eigenvalue weighted by molar-refractivity contribution is -0.385. The Balaban J connectivity index is 2.16. The highest BCUT2D eigenvalue weighted by Gasteiger charge is 2.25. The third-order valence-corrected chi connectivity index (χ3v) is 3.30. The molecule has 1 aliphatic carbocycles. The van der Waals surface area contributed by atoms with Crippen LogP contribution in [0.2, 0.25) is 0 Å². The fourth-order valence-electron chi connectivity index (χ4n) is 2.28. The number of ether oxygens (including phenoxy) is 2. The molecular weight excluding hydrogens is 250 g/mol. The van der Waals surface area contributed by atoms with Crippen LogP contribution in [0.1, 0.15) is 25.7 Å². The van der Waals surface area contributed by atoms with Crippen LogP contribution in [0.25, 0.3) is 0 Å². The van der Waals surface area contributed by atoms with E-state index < -0.39 is 11.0 Å². The molecule has 0 saturated heterocycles. The zero-order chi connectivity index (χ0) is 13.8. The molecule has 0 radical (unpaired) electrons. The molecule has 6 nitrogen and oxygen atoms in total. The van der Waals surface area contributed by atoms with E-state index in [0.29, 0.717) is 12.2 Å². The van der Waals surface area contributed by atoms with E-state index in [4.69, 9.17) is 9.47 Å². The smallest absolute Gasteiger partial charge is 0.314 e. The summed E-state index contributed by atoms with van der Waals surface area (Å²) in [7, 11) is 1.38. The summed E-state index contributed by atoms with van der Waals surface area (Å²) < 4.78 is 10.6. The molecule has 6 heteroatoms. The molecule has 1 aliphatic rings. The Kier molecular flexibility index (Phi) is 4.21. The summed E-state index contributed by atoms with van der Waals surface area (Å²) in [4.78, 5) is 10.4. The lowest BCUT2D eigenvalue weighted by Gasteiger charge is -2.28. The van der Waals surface area contributed by atoms with E-state index in [1.165, 1.54) is 19.2 Å². The molecule has 19 heavy (non-hydrogen) atoms. The van der Waals surface area contributed by atoms with Crippen molar-refractivity contribution >= 4 is 5.69 Å². The number of aliphatic hydroxyl groups excluding tert-OH is 1. The first-order valence-corrected chi connectivity index (χ1v) is 6.29. The first-order valence-electron chi connectivity index (χ1n) is 6.29.